The second kappa shape index (κ2) is 11.4. The first-order valence-corrected chi connectivity index (χ1v) is 11.8. The van der Waals surface area contributed by atoms with Gasteiger partial charge in [0.2, 0.25) is 5.88 Å². The molecule has 0 aliphatic carbocycles. The number of furan rings is 1. The third-order valence-corrected chi connectivity index (χ3v) is 6.07. The van der Waals surface area contributed by atoms with Crippen LogP contribution in [-0.2, 0) is 11.4 Å². The molecule has 0 saturated heterocycles. The van der Waals surface area contributed by atoms with E-state index in [4.69, 9.17) is 18.7 Å². The lowest BCUT2D eigenvalue weighted by Crippen LogP contribution is -2.31. The monoisotopic (exact) mass is 539 g/mol. The van der Waals surface area contributed by atoms with Crippen molar-refractivity contribution in [1.82, 2.24) is 15.8 Å². The molecule has 4 rings (SSSR count). The Morgan fingerprint density at radius 2 is 1.89 bits per heavy atom. The first kappa shape index (κ1) is 24.7. The standard InChI is InChI=1S/C26H26BrN3O5/c1-16-5-4-6-18-13-23(35-24(16)18)22(28-14-17-7-9-19(32-2)10-8-17)15-34-30-25(31)21-12-11-20(27)26(29-21)33-3/h4-13,22,28H,14-15H2,1-3H3,(H,30,31). The molecule has 9 heteroatoms. The van der Waals surface area contributed by atoms with Gasteiger partial charge in [-0.1, -0.05) is 30.3 Å². The molecule has 0 spiro atoms. The van der Waals surface area contributed by atoms with E-state index in [1.54, 1.807) is 19.2 Å². The Morgan fingerprint density at radius 3 is 2.60 bits per heavy atom. The summed E-state index contributed by atoms with van der Waals surface area (Å²) in [5, 5.41) is 4.46. The van der Waals surface area contributed by atoms with Crippen LogP contribution in [0.4, 0.5) is 0 Å². The van der Waals surface area contributed by atoms with Crippen molar-refractivity contribution in [1.29, 1.82) is 0 Å². The van der Waals surface area contributed by atoms with Crippen LogP contribution in [0.2, 0.25) is 0 Å². The van der Waals surface area contributed by atoms with Crippen LogP contribution in [0.1, 0.15) is 33.4 Å². The quantitative estimate of drug-likeness (QED) is 0.270. The Hall–Kier alpha value is -3.40. The van der Waals surface area contributed by atoms with Gasteiger partial charge in [0, 0.05) is 11.9 Å². The van der Waals surface area contributed by atoms with E-state index in [1.165, 1.54) is 7.11 Å². The smallest absolute Gasteiger partial charge is 0.293 e. The molecule has 0 saturated carbocycles. The fraction of sp³-hybridized carbons (Fsp3) is 0.231. The predicted octanol–water partition coefficient (Wildman–Crippen LogP) is 5.11. The highest BCUT2D eigenvalue weighted by Gasteiger charge is 2.19. The number of carbonyl (C=O) groups is 1. The van der Waals surface area contributed by atoms with Crippen LogP contribution in [0, 0.1) is 6.92 Å². The van der Waals surface area contributed by atoms with Crippen molar-refractivity contribution in [3.05, 3.63) is 87.7 Å². The SMILES string of the molecule is COc1ccc(CNC(CONC(=O)c2ccc(Br)c(OC)n2)c2cc3cccc(C)c3o2)cc1. The average Bonchev–Trinajstić information content (AvgIpc) is 3.32. The van der Waals surface area contributed by atoms with Gasteiger partial charge in [-0.15, -0.1) is 0 Å². The topological polar surface area (TPSA) is 94.8 Å². The molecule has 182 valence electrons. The molecule has 0 aliphatic rings. The van der Waals surface area contributed by atoms with Gasteiger partial charge in [-0.3, -0.25) is 9.63 Å². The van der Waals surface area contributed by atoms with Crippen molar-refractivity contribution in [3.63, 3.8) is 0 Å². The highest BCUT2D eigenvalue weighted by atomic mass is 79.9. The van der Waals surface area contributed by atoms with Crippen molar-refractivity contribution >= 4 is 32.8 Å². The van der Waals surface area contributed by atoms with Crippen molar-refractivity contribution in [2.75, 3.05) is 20.8 Å². The number of aromatic nitrogens is 1. The van der Waals surface area contributed by atoms with E-state index in [9.17, 15) is 4.79 Å². The number of carbonyl (C=O) groups excluding carboxylic acids is 1. The van der Waals surface area contributed by atoms with Gasteiger partial charge in [-0.25, -0.2) is 10.5 Å². The van der Waals surface area contributed by atoms with Crippen molar-refractivity contribution in [3.8, 4) is 11.6 Å². The van der Waals surface area contributed by atoms with Gasteiger partial charge in [0.25, 0.3) is 5.91 Å². The maximum absolute atomic E-state index is 12.5. The molecule has 8 nitrogen and oxygen atoms in total. The van der Waals surface area contributed by atoms with E-state index in [0.717, 1.165) is 27.8 Å². The molecular weight excluding hydrogens is 514 g/mol. The molecule has 1 atom stereocenters. The minimum absolute atomic E-state index is 0.133. The Labute approximate surface area is 211 Å². The van der Waals surface area contributed by atoms with Crippen LogP contribution in [0.25, 0.3) is 11.0 Å². The average molecular weight is 540 g/mol. The molecule has 0 radical (unpaired) electrons. The molecule has 2 heterocycles. The summed E-state index contributed by atoms with van der Waals surface area (Å²) in [6.45, 7) is 2.70. The number of amides is 1. The minimum Gasteiger partial charge on any atom is -0.497 e. The molecule has 0 bridgehead atoms. The highest BCUT2D eigenvalue weighted by molar-refractivity contribution is 9.10. The fourth-order valence-electron chi connectivity index (χ4n) is 3.56. The normalized spacial score (nSPS) is 11.9. The van der Waals surface area contributed by atoms with Gasteiger partial charge < -0.3 is 19.2 Å². The van der Waals surface area contributed by atoms with E-state index >= 15 is 0 Å². The number of halogens is 1. The number of para-hydroxylation sites is 1. The predicted molar refractivity (Wildman–Crippen MR) is 135 cm³/mol. The van der Waals surface area contributed by atoms with Gasteiger partial charge in [0.05, 0.1) is 31.3 Å². The van der Waals surface area contributed by atoms with E-state index < -0.39 is 5.91 Å². The van der Waals surface area contributed by atoms with Crippen LogP contribution in [0.15, 0.2) is 69.6 Å². The van der Waals surface area contributed by atoms with Crippen molar-refractivity contribution in [2.45, 2.75) is 19.5 Å². The molecule has 0 aliphatic heterocycles. The number of fused-ring (bicyclic) bond motifs is 1. The number of nitrogens with one attached hydrogen (secondary N) is 2. The second-order valence-electron chi connectivity index (χ2n) is 7.85. The number of ether oxygens (including phenoxy) is 2. The lowest BCUT2D eigenvalue weighted by atomic mass is 10.1. The maximum Gasteiger partial charge on any atom is 0.293 e. The van der Waals surface area contributed by atoms with E-state index in [0.29, 0.717) is 22.7 Å². The molecule has 4 aromatic rings. The number of pyridine rings is 1. The zero-order valence-corrected chi connectivity index (χ0v) is 21.2. The first-order chi connectivity index (χ1) is 17.0. The van der Waals surface area contributed by atoms with Gasteiger partial charge in [-0.2, -0.15) is 0 Å². The van der Waals surface area contributed by atoms with Gasteiger partial charge in [0.15, 0.2) is 0 Å². The third kappa shape index (κ3) is 6.00. The summed E-state index contributed by atoms with van der Waals surface area (Å²) < 4.78 is 17.2. The number of benzene rings is 2. The Balaban J connectivity index is 1.47. The Bertz CT molecular complexity index is 1310. The molecule has 2 aromatic heterocycles. The summed E-state index contributed by atoms with van der Waals surface area (Å²) in [6, 6.07) is 18.7. The number of hydroxylamine groups is 1. The van der Waals surface area contributed by atoms with Crippen LogP contribution in [-0.4, -0.2) is 31.7 Å². The molecule has 1 amide bonds. The van der Waals surface area contributed by atoms with E-state index in [2.05, 4.69) is 31.7 Å². The summed E-state index contributed by atoms with van der Waals surface area (Å²) in [7, 11) is 3.12. The Morgan fingerprint density at radius 1 is 1.09 bits per heavy atom. The van der Waals surface area contributed by atoms with E-state index in [-0.39, 0.29) is 18.3 Å². The van der Waals surface area contributed by atoms with E-state index in [1.807, 2.05) is 55.5 Å². The number of rotatable bonds is 10. The molecule has 2 N–H and O–H groups in total. The van der Waals surface area contributed by atoms with Crippen LogP contribution in [0.5, 0.6) is 11.6 Å². The summed E-state index contributed by atoms with van der Waals surface area (Å²) in [4.78, 5) is 22.3. The summed E-state index contributed by atoms with van der Waals surface area (Å²) in [5.74, 6) is 1.34. The molecule has 2 aromatic carbocycles. The second-order valence-corrected chi connectivity index (χ2v) is 8.71. The van der Waals surface area contributed by atoms with Crippen LogP contribution in [0.3, 0.4) is 0 Å². The first-order valence-electron chi connectivity index (χ1n) is 11.0. The summed E-state index contributed by atoms with van der Waals surface area (Å²) >= 11 is 3.33. The number of hydrogen-bond donors (Lipinski definition) is 2. The number of methoxy groups -OCH3 is 2. The number of aryl methyl sites for hydroxylation is 1. The van der Waals surface area contributed by atoms with Crippen molar-refractivity contribution < 1.29 is 23.5 Å². The van der Waals surface area contributed by atoms with Crippen molar-refractivity contribution in [2.24, 2.45) is 0 Å². The number of hydrogen-bond acceptors (Lipinski definition) is 7. The molecular formula is C26H26BrN3O5. The number of nitrogens with zero attached hydrogens (tertiary/aromatic N) is 1. The third-order valence-electron chi connectivity index (χ3n) is 5.47. The summed E-state index contributed by atoms with van der Waals surface area (Å²) in [6.07, 6.45) is 0. The highest BCUT2D eigenvalue weighted by Crippen LogP contribution is 2.27. The van der Waals surface area contributed by atoms with Gasteiger partial charge in [-0.05, 0) is 64.3 Å². The lowest BCUT2D eigenvalue weighted by Gasteiger charge is -2.17. The summed E-state index contributed by atoms with van der Waals surface area (Å²) in [5.41, 5.74) is 5.58. The lowest BCUT2D eigenvalue weighted by molar-refractivity contribution is 0.0193. The maximum atomic E-state index is 12.5. The molecule has 1 unspecified atom stereocenters. The zero-order chi connectivity index (χ0) is 24.8. The molecule has 0 fully saturated rings. The van der Waals surface area contributed by atoms with Crippen LogP contribution < -0.4 is 20.3 Å². The molecule has 35 heavy (non-hydrogen) atoms. The minimum atomic E-state index is -0.481. The zero-order valence-electron chi connectivity index (χ0n) is 19.6. The van der Waals surface area contributed by atoms with Crippen LogP contribution >= 0.6 is 15.9 Å². The largest absolute Gasteiger partial charge is 0.497 e. The van der Waals surface area contributed by atoms with Gasteiger partial charge >= 0.3 is 0 Å². The fourth-order valence-corrected chi connectivity index (χ4v) is 3.95. The van der Waals surface area contributed by atoms with Gasteiger partial charge in [0.1, 0.15) is 22.8 Å². The Kier molecular flexibility index (Phi) is 8.02.